The minimum atomic E-state index is -3.44. The first-order valence-electron chi connectivity index (χ1n) is 8.24. The highest BCUT2D eigenvalue weighted by molar-refractivity contribution is 7.91. The standard InChI is InChI=1S/C16H22F2N4O2S/c1-16(17,18)4-6-25(23,24)9-11-7-12(8-11)22(2)15-13-3-5-19-14(13)20-10-21-15/h3,5,10-12H,4,6-9H2,1-2H3,(H,19,20,21)/t11-,12+. The van der Waals surface area contributed by atoms with Crippen LogP contribution in [-0.4, -0.2) is 53.9 Å². The summed E-state index contributed by atoms with van der Waals surface area (Å²) in [6.07, 6.45) is 4.12. The molecule has 138 valence electrons. The lowest BCUT2D eigenvalue weighted by atomic mass is 9.81. The van der Waals surface area contributed by atoms with E-state index in [0.29, 0.717) is 12.8 Å². The smallest absolute Gasteiger partial charge is 0.246 e. The summed E-state index contributed by atoms with van der Waals surface area (Å²) in [5, 5.41) is 0.922. The van der Waals surface area contributed by atoms with Crippen LogP contribution in [0.4, 0.5) is 14.6 Å². The van der Waals surface area contributed by atoms with E-state index in [1.54, 1.807) is 6.20 Å². The maximum Gasteiger partial charge on any atom is 0.246 e. The van der Waals surface area contributed by atoms with E-state index in [0.717, 1.165) is 23.8 Å². The number of fused-ring (bicyclic) bond motifs is 1. The van der Waals surface area contributed by atoms with Gasteiger partial charge in [0.15, 0.2) is 9.84 Å². The molecular formula is C16H22F2N4O2S. The number of hydrogen-bond donors (Lipinski definition) is 1. The van der Waals surface area contributed by atoms with Crippen molar-refractivity contribution in [2.75, 3.05) is 23.5 Å². The summed E-state index contributed by atoms with van der Waals surface area (Å²) >= 11 is 0. The maximum absolute atomic E-state index is 12.9. The summed E-state index contributed by atoms with van der Waals surface area (Å²) in [4.78, 5) is 13.6. The van der Waals surface area contributed by atoms with Crippen molar-refractivity contribution in [3.63, 3.8) is 0 Å². The molecule has 1 fully saturated rings. The molecule has 2 heterocycles. The first kappa shape index (κ1) is 18.0. The molecule has 3 rings (SSSR count). The molecule has 1 aliphatic rings. The first-order valence-corrected chi connectivity index (χ1v) is 10.1. The number of anilines is 1. The fourth-order valence-corrected chi connectivity index (χ4v) is 5.07. The zero-order chi connectivity index (χ0) is 18.2. The normalized spacial score (nSPS) is 21.3. The first-order chi connectivity index (χ1) is 11.6. The largest absolute Gasteiger partial charge is 0.356 e. The molecule has 9 heteroatoms. The molecule has 0 radical (unpaired) electrons. The van der Waals surface area contributed by atoms with Crippen molar-refractivity contribution in [2.45, 2.75) is 38.2 Å². The monoisotopic (exact) mass is 372 g/mol. The van der Waals surface area contributed by atoms with Gasteiger partial charge < -0.3 is 9.88 Å². The highest BCUT2D eigenvalue weighted by Crippen LogP contribution is 2.36. The number of sulfone groups is 1. The van der Waals surface area contributed by atoms with E-state index in [1.807, 2.05) is 18.0 Å². The van der Waals surface area contributed by atoms with Crippen LogP contribution in [0.1, 0.15) is 26.2 Å². The average molecular weight is 372 g/mol. The molecule has 6 nitrogen and oxygen atoms in total. The van der Waals surface area contributed by atoms with Crippen LogP contribution >= 0.6 is 0 Å². The van der Waals surface area contributed by atoms with E-state index in [-0.39, 0.29) is 17.7 Å². The van der Waals surface area contributed by atoms with Gasteiger partial charge in [-0.2, -0.15) is 0 Å². The summed E-state index contributed by atoms with van der Waals surface area (Å²) in [6, 6.07) is 2.10. The number of nitrogens with zero attached hydrogens (tertiary/aromatic N) is 3. The van der Waals surface area contributed by atoms with Crippen molar-refractivity contribution >= 4 is 26.7 Å². The second-order valence-electron chi connectivity index (χ2n) is 6.97. The lowest BCUT2D eigenvalue weighted by Crippen LogP contribution is -2.45. The molecule has 1 N–H and O–H groups in total. The van der Waals surface area contributed by atoms with Crippen LogP contribution in [0.3, 0.4) is 0 Å². The molecule has 1 saturated carbocycles. The Bertz CT molecular complexity index is 841. The molecule has 1 aliphatic carbocycles. The van der Waals surface area contributed by atoms with Crippen molar-refractivity contribution < 1.29 is 17.2 Å². The Hall–Kier alpha value is -1.77. The Morgan fingerprint density at radius 2 is 2.08 bits per heavy atom. The van der Waals surface area contributed by atoms with Crippen molar-refractivity contribution in [1.29, 1.82) is 0 Å². The van der Waals surface area contributed by atoms with Gasteiger partial charge in [-0.15, -0.1) is 0 Å². The van der Waals surface area contributed by atoms with E-state index in [4.69, 9.17) is 0 Å². The van der Waals surface area contributed by atoms with Crippen LogP contribution in [0.5, 0.6) is 0 Å². The van der Waals surface area contributed by atoms with E-state index >= 15 is 0 Å². The van der Waals surface area contributed by atoms with Crippen LogP contribution in [-0.2, 0) is 9.84 Å². The summed E-state index contributed by atoms with van der Waals surface area (Å²) in [7, 11) is -1.51. The van der Waals surface area contributed by atoms with Gasteiger partial charge in [-0.05, 0) is 31.7 Å². The van der Waals surface area contributed by atoms with Gasteiger partial charge >= 0.3 is 0 Å². The third-order valence-corrected chi connectivity index (χ3v) is 6.57. The number of halogens is 2. The van der Waals surface area contributed by atoms with E-state index < -0.39 is 27.9 Å². The van der Waals surface area contributed by atoms with E-state index in [2.05, 4.69) is 15.0 Å². The molecule has 25 heavy (non-hydrogen) atoms. The zero-order valence-corrected chi connectivity index (χ0v) is 15.1. The summed E-state index contributed by atoms with van der Waals surface area (Å²) in [5.41, 5.74) is 0.760. The maximum atomic E-state index is 12.9. The lowest BCUT2D eigenvalue weighted by molar-refractivity contribution is 0.0189. The van der Waals surface area contributed by atoms with Crippen molar-refractivity contribution in [1.82, 2.24) is 15.0 Å². The Morgan fingerprint density at radius 1 is 1.36 bits per heavy atom. The fourth-order valence-electron chi connectivity index (χ4n) is 3.24. The van der Waals surface area contributed by atoms with Crippen molar-refractivity contribution in [3.05, 3.63) is 18.6 Å². The number of hydrogen-bond acceptors (Lipinski definition) is 5. The molecular weight excluding hydrogens is 350 g/mol. The SMILES string of the molecule is CN(c1ncnc2[nH]ccc12)[C@H]1C[C@@H](CS(=O)(=O)CCC(C)(F)F)C1. The van der Waals surface area contributed by atoms with Gasteiger partial charge in [0.1, 0.15) is 17.8 Å². The predicted molar refractivity (Wildman–Crippen MR) is 92.7 cm³/mol. The number of rotatable bonds is 7. The van der Waals surface area contributed by atoms with Gasteiger partial charge in [0.25, 0.3) is 0 Å². The average Bonchev–Trinajstić information content (AvgIpc) is 2.96. The van der Waals surface area contributed by atoms with E-state index in [9.17, 15) is 17.2 Å². The molecule has 2 aromatic rings. The van der Waals surface area contributed by atoms with Crippen molar-refractivity contribution in [3.8, 4) is 0 Å². The topological polar surface area (TPSA) is 79.0 Å². The Morgan fingerprint density at radius 3 is 2.76 bits per heavy atom. The number of alkyl halides is 2. The van der Waals surface area contributed by atoms with Crippen molar-refractivity contribution in [2.24, 2.45) is 5.92 Å². The molecule has 0 saturated heterocycles. The van der Waals surface area contributed by atoms with E-state index in [1.165, 1.54) is 6.33 Å². The Kier molecular flexibility index (Phi) is 4.70. The third kappa shape index (κ3) is 4.26. The van der Waals surface area contributed by atoms with Crippen LogP contribution < -0.4 is 4.90 Å². The second-order valence-corrected chi connectivity index (χ2v) is 9.20. The summed E-state index contributed by atoms with van der Waals surface area (Å²) in [5.74, 6) is -2.58. The van der Waals surface area contributed by atoms with Crippen LogP contribution in [0, 0.1) is 5.92 Å². The van der Waals surface area contributed by atoms with Crippen LogP contribution in [0.15, 0.2) is 18.6 Å². The van der Waals surface area contributed by atoms with Gasteiger partial charge in [-0.25, -0.2) is 27.2 Å². The highest BCUT2D eigenvalue weighted by Gasteiger charge is 2.36. The summed E-state index contributed by atoms with van der Waals surface area (Å²) in [6.45, 7) is 0.750. The Labute approximate surface area is 145 Å². The molecule has 0 aromatic carbocycles. The minimum absolute atomic E-state index is 0.0171. The third-order valence-electron chi connectivity index (χ3n) is 4.77. The van der Waals surface area contributed by atoms with Crippen LogP contribution in [0.25, 0.3) is 11.0 Å². The highest BCUT2D eigenvalue weighted by atomic mass is 32.2. The summed E-state index contributed by atoms with van der Waals surface area (Å²) < 4.78 is 49.7. The Balaban J connectivity index is 1.56. The molecule has 0 amide bonds. The second kappa shape index (κ2) is 6.51. The molecule has 0 unspecified atom stereocenters. The van der Waals surface area contributed by atoms with Gasteiger partial charge in [0.2, 0.25) is 5.92 Å². The number of H-pyrrole nitrogens is 1. The zero-order valence-electron chi connectivity index (χ0n) is 14.2. The van der Waals surface area contributed by atoms with Gasteiger partial charge in [-0.3, -0.25) is 0 Å². The number of nitrogens with one attached hydrogen (secondary N) is 1. The number of aromatic nitrogens is 3. The molecule has 0 aliphatic heterocycles. The molecule has 0 bridgehead atoms. The van der Waals surface area contributed by atoms with Gasteiger partial charge in [-0.1, -0.05) is 0 Å². The molecule has 0 atom stereocenters. The van der Waals surface area contributed by atoms with Gasteiger partial charge in [0, 0.05) is 25.7 Å². The quantitative estimate of drug-likeness (QED) is 0.808. The molecule has 0 spiro atoms. The fraction of sp³-hybridized carbons (Fsp3) is 0.625. The van der Waals surface area contributed by atoms with Gasteiger partial charge in [0.05, 0.1) is 16.9 Å². The predicted octanol–water partition coefficient (Wildman–Crippen LogP) is 2.63. The van der Waals surface area contributed by atoms with Crippen LogP contribution in [0.2, 0.25) is 0 Å². The molecule has 2 aromatic heterocycles. The lowest BCUT2D eigenvalue weighted by Gasteiger charge is -2.41. The minimum Gasteiger partial charge on any atom is -0.356 e. The number of aromatic amines is 1.